The van der Waals surface area contributed by atoms with Crippen LogP contribution in [0.3, 0.4) is 0 Å². The average molecular weight is 415 g/mol. The predicted molar refractivity (Wildman–Crippen MR) is 119 cm³/mol. The number of aliphatic imine (C=N–C) groups is 1. The number of hydrogen-bond acceptors (Lipinski definition) is 6. The van der Waals surface area contributed by atoms with Gasteiger partial charge in [-0.15, -0.1) is 0 Å². The van der Waals surface area contributed by atoms with Gasteiger partial charge in [0.25, 0.3) is 0 Å². The van der Waals surface area contributed by atoms with Crippen molar-refractivity contribution in [3.05, 3.63) is 36.0 Å². The SMILES string of the molecule is CCNC(=NCCCc1nc(C(C)C)no1)N1CCN(c2ccccc2OC)CC1. The predicted octanol–water partition coefficient (Wildman–Crippen LogP) is 2.92. The van der Waals surface area contributed by atoms with Crippen molar-refractivity contribution in [3.63, 3.8) is 0 Å². The second-order valence-corrected chi connectivity index (χ2v) is 7.69. The van der Waals surface area contributed by atoms with Crippen molar-refractivity contribution in [1.29, 1.82) is 0 Å². The van der Waals surface area contributed by atoms with Crippen LogP contribution in [0.15, 0.2) is 33.8 Å². The van der Waals surface area contributed by atoms with E-state index in [9.17, 15) is 0 Å². The van der Waals surface area contributed by atoms with Crippen molar-refractivity contribution in [2.45, 2.75) is 39.5 Å². The molecular formula is C22H34N6O2. The quantitative estimate of drug-likeness (QED) is 0.404. The molecule has 8 heteroatoms. The summed E-state index contributed by atoms with van der Waals surface area (Å²) >= 11 is 0. The van der Waals surface area contributed by atoms with Gasteiger partial charge in [0.15, 0.2) is 11.8 Å². The summed E-state index contributed by atoms with van der Waals surface area (Å²) in [6.07, 6.45) is 1.64. The van der Waals surface area contributed by atoms with Gasteiger partial charge in [0.2, 0.25) is 5.89 Å². The Kier molecular flexibility index (Phi) is 7.93. The molecule has 2 aromatic rings. The van der Waals surface area contributed by atoms with Gasteiger partial charge >= 0.3 is 0 Å². The Hall–Kier alpha value is -2.77. The minimum atomic E-state index is 0.287. The van der Waals surface area contributed by atoms with Crippen LogP contribution in [0.4, 0.5) is 5.69 Å². The average Bonchev–Trinajstić information content (AvgIpc) is 3.25. The highest BCUT2D eigenvalue weighted by Crippen LogP contribution is 2.28. The molecule has 0 atom stereocenters. The number of hydrogen-bond donors (Lipinski definition) is 1. The Labute approximate surface area is 179 Å². The monoisotopic (exact) mass is 414 g/mol. The van der Waals surface area contributed by atoms with E-state index in [2.05, 4.69) is 58.2 Å². The van der Waals surface area contributed by atoms with Crippen molar-refractivity contribution in [3.8, 4) is 5.75 Å². The maximum atomic E-state index is 5.52. The van der Waals surface area contributed by atoms with Crippen molar-refractivity contribution < 1.29 is 9.26 Å². The number of piperazine rings is 1. The number of methoxy groups -OCH3 is 1. The van der Waals surface area contributed by atoms with Crippen LogP contribution in [-0.2, 0) is 6.42 Å². The van der Waals surface area contributed by atoms with Crippen LogP contribution in [0, 0.1) is 0 Å². The lowest BCUT2D eigenvalue weighted by molar-refractivity contribution is 0.364. The van der Waals surface area contributed by atoms with Crippen LogP contribution in [0.5, 0.6) is 5.75 Å². The normalized spacial score (nSPS) is 15.0. The Bertz CT molecular complexity index is 811. The van der Waals surface area contributed by atoms with Gasteiger partial charge in [-0.2, -0.15) is 4.98 Å². The molecule has 1 aliphatic rings. The van der Waals surface area contributed by atoms with E-state index in [1.165, 1.54) is 0 Å². The minimum Gasteiger partial charge on any atom is -0.495 e. The van der Waals surface area contributed by atoms with Crippen LogP contribution in [0.25, 0.3) is 0 Å². The number of anilines is 1. The van der Waals surface area contributed by atoms with Gasteiger partial charge in [-0.1, -0.05) is 31.1 Å². The van der Waals surface area contributed by atoms with E-state index in [0.29, 0.717) is 5.89 Å². The first-order valence-electron chi connectivity index (χ1n) is 10.9. The molecule has 0 bridgehead atoms. The fourth-order valence-corrected chi connectivity index (χ4v) is 3.50. The molecule has 3 rings (SSSR count). The van der Waals surface area contributed by atoms with Crippen LogP contribution in [0.2, 0.25) is 0 Å². The molecule has 0 amide bonds. The van der Waals surface area contributed by atoms with Gasteiger partial charge in [-0.25, -0.2) is 0 Å². The molecule has 1 aliphatic heterocycles. The van der Waals surface area contributed by atoms with E-state index in [1.807, 2.05) is 12.1 Å². The minimum absolute atomic E-state index is 0.287. The summed E-state index contributed by atoms with van der Waals surface area (Å²) in [5.74, 6) is 3.66. The van der Waals surface area contributed by atoms with Crippen molar-refractivity contribution in [1.82, 2.24) is 20.4 Å². The summed E-state index contributed by atoms with van der Waals surface area (Å²) in [5.41, 5.74) is 1.15. The lowest BCUT2D eigenvalue weighted by Gasteiger charge is -2.38. The molecule has 1 saturated heterocycles. The fraction of sp³-hybridized carbons (Fsp3) is 0.591. The lowest BCUT2D eigenvalue weighted by atomic mass is 10.2. The summed E-state index contributed by atoms with van der Waals surface area (Å²) < 4.78 is 10.8. The number of nitrogens with one attached hydrogen (secondary N) is 1. The number of nitrogens with zero attached hydrogens (tertiary/aromatic N) is 5. The van der Waals surface area contributed by atoms with E-state index in [4.69, 9.17) is 14.3 Å². The number of aromatic nitrogens is 2. The summed E-state index contributed by atoms with van der Waals surface area (Å²) in [6, 6.07) is 8.20. The van der Waals surface area contributed by atoms with Crippen LogP contribution < -0.4 is 15.0 Å². The standard InChI is InChI=1S/C22H34N6O2/c1-5-23-22(24-12-8-11-20-25-21(17(2)3)26-30-20)28-15-13-27(14-16-28)18-9-6-7-10-19(18)29-4/h6-7,9-10,17H,5,8,11-16H2,1-4H3,(H,23,24). The Morgan fingerprint density at radius 2 is 2.00 bits per heavy atom. The molecule has 0 radical (unpaired) electrons. The molecule has 1 fully saturated rings. The summed E-state index contributed by atoms with van der Waals surface area (Å²) in [5, 5.41) is 7.45. The van der Waals surface area contributed by atoms with E-state index < -0.39 is 0 Å². The van der Waals surface area contributed by atoms with Gasteiger partial charge in [-0.3, -0.25) is 4.99 Å². The molecule has 1 N–H and O–H groups in total. The number of ether oxygens (including phenoxy) is 1. The smallest absolute Gasteiger partial charge is 0.226 e. The lowest BCUT2D eigenvalue weighted by Crippen LogP contribution is -2.52. The largest absolute Gasteiger partial charge is 0.495 e. The molecule has 0 aliphatic carbocycles. The van der Waals surface area contributed by atoms with E-state index in [1.54, 1.807) is 7.11 Å². The van der Waals surface area contributed by atoms with Crippen LogP contribution in [-0.4, -0.2) is 67.4 Å². The van der Waals surface area contributed by atoms with Crippen molar-refractivity contribution in [2.75, 3.05) is 51.3 Å². The molecule has 0 unspecified atom stereocenters. The molecule has 30 heavy (non-hydrogen) atoms. The molecule has 0 spiro atoms. The number of para-hydroxylation sites is 2. The first-order valence-corrected chi connectivity index (χ1v) is 10.9. The van der Waals surface area contributed by atoms with Gasteiger partial charge in [0, 0.05) is 51.6 Å². The highest BCUT2D eigenvalue weighted by atomic mass is 16.5. The Morgan fingerprint density at radius 1 is 1.23 bits per heavy atom. The van der Waals surface area contributed by atoms with Crippen LogP contribution in [0.1, 0.15) is 44.8 Å². The molecular weight excluding hydrogens is 380 g/mol. The first kappa shape index (κ1) is 21.9. The fourth-order valence-electron chi connectivity index (χ4n) is 3.50. The van der Waals surface area contributed by atoms with E-state index in [-0.39, 0.29) is 5.92 Å². The van der Waals surface area contributed by atoms with Crippen molar-refractivity contribution >= 4 is 11.6 Å². The number of aryl methyl sites for hydroxylation is 1. The van der Waals surface area contributed by atoms with Gasteiger partial charge in [0.1, 0.15) is 5.75 Å². The molecule has 1 aromatic heterocycles. The third-order valence-electron chi connectivity index (χ3n) is 5.15. The van der Waals surface area contributed by atoms with Gasteiger partial charge in [-0.05, 0) is 25.5 Å². The molecule has 8 nitrogen and oxygen atoms in total. The zero-order chi connectivity index (χ0) is 21.3. The maximum absolute atomic E-state index is 5.52. The Morgan fingerprint density at radius 3 is 2.67 bits per heavy atom. The zero-order valence-corrected chi connectivity index (χ0v) is 18.6. The first-order chi connectivity index (χ1) is 14.6. The third kappa shape index (κ3) is 5.64. The van der Waals surface area contributed by atoms with Crippen LogP contribution >= 0.6 is 0 Å². The summed E-state index contributed by atoms with van der Waals surface area (Å²) in [6.45, 7) is 11.5. The van der Waals surface area contributed by atoms with E-state index >= 15 is 0 Å². The summed E-state index contributed by atoms with van der Waals surface area (Å²) in [7, 11) is 1.73. The van der Waals surface area contributed by atoms with Gasteiger partial charge < -0.3 is 24.4 Å². The highest BCUT2D eigenvalue weighted by molar-refractivity contribution is 5.80. The highest BCUT2D eigenvalue weighted by Gasteiger charge is 2.21. The van der Waals surface area contributed by atoms with Gasteiger partial charge in [0.05, 0.1) is 12.8 Å². The summed E-state index contributed by atoms with van der Waals surface area (Å²) in [4.78, 5) is 14.0. The second-order valence-electron chi connectivity index (χ2n) is 7.69. The number of rotatable bonds is 8. The Balaban J connectivity index is 1.52. The van der Waals surface area contributed by atoms with E-state index in [0.717, 1.165) is 75.3 Å². The molecule has 1 aromatic carbocycles. The zero-order valence-electron chi connectivity index (χ0n) is 18.6. The number of guanidine groups is 1. The molecule has 2 heterocycles. The number of benzene rings is 1. The third-order valence-corrected chi connectivity index (χ3v) is 5.15. The maximum Gasteiger partial charge on any atom is 0.226 e. The van der Waals surface area contributed by atoms with Crippen molar-refractivity contribution in [2.24, 2.45) is 4.99 Å². The topological polar surface area (TPSA) is 79.0 Å². The molecule has 0 saturated carbocycles. The second kappa shape index (κ2) is 10.8. The molecule has 164 valence electrons.